The van der Waals surface area contributed by atoms with E-state index in [9.17, 15) is 9.59 Å². The lowest BCUT2D eigenvalue weighted by Gasteiger charge is -2.23. The molecule has 1 heterocycles. The van der Waals surface area contributed by atoms with E-state index in [0.29, 0.717) is 24.3 Å². The highest BCUT2D eigenvalue weighted by Gasteiger charge is 2.29. The Labute approximate surface area is 118 Å². The van der Waals surface area contributed by atoms with Crippen molar-refractivity contribution in [2.24, 2.45) is 5.10 Å². The molecule has 20 heavy (non-hydrogen) atoms. The number of amidine groups is 1. The second-order valence-corrected chi connectivity index (χ2v) is 4.43. The van der Waals surface area contributed by atoms with E-state index < -0.39 is 0 Å². The van der Waals surface area contributed by atoms with Crippen LogP contribution >= 0.6 is 0 Å². The quantitative estimate of drug-likeness (QED) is 0.905. The molecule has 2 rings (SSSR count). The second kappa shape index (κ2) is 5.73. The molecule has 6 nitrogen and oxygen atoms in total. The van der Waals surface area contributed by atoms with Gasteiger partial charge in [0, 0.05) is 20.1 Å². The number of hydrazone groups is 1. The zero-order valence-electron chi connectivity index (χ0n) is 11.9. The van der Waals surface area contributed by atoms with E-state index in [-0.39, 0.29) is 17.6 Å². The van der Waals surface area contributed by atoms with Gasteiger partial charge in [-0.05, 0) is 26.0 Å². The smallest absolute Gasteiger partial charge is 0.291 e. The Morgan fingerprint density at radius 2 is 1.95 bits per heavy atom. The summed E-state index contributed by atoms with van der Waals surface area (Å²) in [7, 11) is 1.56. The Kier molecular flexibility index (Phi) is 4.02. The standard InChI is InChI=1S/C14H18N4O2/c1-4-18(5-2)14(20)12-16-15-11-9-7-6-8-10(11)13(19)17(12)3/h6-9,15H,4-5H2,1-3H3. The molecule has 2 amide bonds. The maximum absolute atomic E-state index is 12.4. The lowest BCUT2D eigenvalue weighted by Crippen LogP contribution is -2.45. The van der Waals surface area contributed by atoms with Crippen molar-refractivity contribution in [3.63, 3.8) is 0 Å². The van der Waals surface area contributed by atoms with Crippen molar-refractivity contribution < 1.29 is 9.59 Å². The van der Waals surface area contributed by atoms with Gasteiger partial charge in [0.1, 0.15) is 0 Å². The van der Waals surface area contributed by atoms with Gasteiger partial charge in [-0.3, -0.25) is 19.9 Å². The van der Waals surface area contributed by atoms with Gasteiger partial charge in [-0.25, -0.2) is 0 Å². The molecule has 0 radical (unpaired) electrons. The number of hydrogen-bond acceptors (Lipinski definition) is 4. The first kappa shape index (κ1) is 14.0. The molecule has 0 aliphatic carbocycles. The lowest BCUT2D eigenvalue weighted by atomic mass is 10.1. The van der Waals surface area contributed by atoms with Crippen molar-refractivity contribution in [1.82, 2.24) is 9.80 Å². The van der Waals surface area contributed by atoms with Crippen molar-refractivity contribution in [2.45, 2.75) is 13.8 Å². The molecule has 0 spiro atoms. The van der Waals surface area contributed by atoms with E-state index in [1.807, 2.05) is 19.9 Å². The Morgan fingerprint density at radius 3 is 2.60 bits per heavy atom. The van der Waals surface area contributed by atoms with E-state index in [1.54, 1.807) is 30.1 Å². The van der Waals surface area contributed by atoms with Crippen LogP contribution in [0.3, 0.4) is 0 Å². The van der Waals surface area contributed by atoms with Crippen LogP contribution in [-0.2, 0) is 4.79 Å². The number of rotatable bonds is 3. The van der Waals surface area contributed by atoms with Gasteiger partial charge in [-0.2, -0.15) is 5.10 Å². The molecule has 0 bridgehead atoms. The summed E-state index contributed by atoms with van der Waals surface area (Å²) in [5.41, 5.74) is 3.90. The minimum absolute atomic E-state index is 0.106. The van der Waals surface area contributed by atoms with E-state index >= 15 is 0 Å². The van der Waals surface area contributed by atoms with Gasteiger partial charge in [0.25, 0.3) is 11.8 Å². The van der Waals surface area contributed by atoms with Gasteiger partial charge in [0.05, 0.1) is 11.3 Å². The number of carbonyl (C=O) groups is 2. The van der Waals surface area contributed by atoms with Crippen LogP contribution in [0.2, 0.25) is 0 Å². The van der Waals surface area contributed by atoms with Crippen molar-refractivity contribution in [2.75, 3.05) is 25.6 Å². The SMILES string of the molecule is CCN(CC)C(=O)C1=NNc2ccccc2C(=O)N1C. The molecule has 0 aromatic heterocycles. The molecule has 1 aromatic carbocycles. The van der Waals surface area contributed by atoms with Gasteiger partial charge in [-0.15, -0.1) is 0 Å². The zero-order chi connectivity index (χ0) is 14.7. The summed E-state index contributed by atoms with van der Waals surface area (Å²) in [4.78, 5) is 27.7. The number of para-hydroxylation sites is 1. The van der Waals surface area contributed by atoms with Crippen molar-refractivity contribution in [3.8, 4) is 0 Å². The van der Waals surface area contributed by atoms with Gasteiger partial charge < -0.3 is 4.90 Å². The van der Waals surface area contributed by atoms with E-state index in [4.69, 9.17) is 0 Å². The number of fused-ring (bicyclic) bond motifs is 1. The first-order valence-electron chi connectivity index (χ1n) is 6.60. The van der Waals surface area contributed by atoms with Crippen LogP contribution in [-0.4, -0.2) is 47.6 Å². The summed E-state index contributed by atoms with van der Waals surface area (Å²) in [6.07, 6.45) is 0. The number of hydrogen-bond donors (Lipinski definition) is 1. The molecule has 1 aliphatic rings. The fraction of sp³-hybridized carbons (Fsp3) is 0.357. The number of amides is 2. The van der Waals surface area contributed by atoms with Crippen LogP contribution in [0.25, 0.3) is 0 Å². The molecule has 0 fully saturated rings. The number of benzene rings is 1. The fourth-order valence-electron chi connectivity index (χ4n) is 2.08. The molecule has 0 saturated carbocycles. The first-order chi connectivity index (χ1) is 9.60. The van der Waals surface area contributed by atoms with E-state index in [2.05, 4.69) is 10.5 Å². The number of likely N-dealkylation sites (N-methyl/N-ethyl adjacent to an activating group) is 2. The number of nitrogens with one attached hydrogen (secondary N) is 1. The summed E-state index contributed by atoms with van der Waals surface area (Å²) in [5.74, 6) is -0.397. The first-order valence-corrected chi connectivity index (χ1v) is 6.60. The van der Waals surface area contributed by atoms with Gasteiger partial charge in [0.2, 0.25) is 5.84 Å². The molecule has 0 atom stereocenters. The van der Waals surface area contributed by atoms with E-state index in [1.165, 1.54) is 4.90 Å². The molecule has 106 valence electrons. The zero-order valence-corrected chi connectivity index (χ0v) is 11.9. The fourth-order valence-corrected chi connectivity index (χ4v) is 2.08. The summed E-state index contributed by atoms with van der Waals surface area (Å²) in [5, 5.41) is 4.09. The second-order valence-electron chi connectivity index (χ2n) is 4.43. The Hall–Kier alpha value is -2.37. The summed E-state index contributed by atoms with van der Waals surface area (Å²) >= 11 is 0. The molecule has 1 N–H and O–H groups in total. The number of anilines is 1. The lowest BCUT2D eigenvalue weighted by molar-refractivity contribution is -0.124. The normalized spacial score (nSPS) is 14.1. The number of nitrogens with zero attached hydrogens (tertiary/aromatic N) is 3. The third-order valence-electron chi connectivity index (χ3n) is 3.30. The van der Waals surface area contributed by atoms with Crippen molar-refractivity contribution in [1.29, 1.82) is 0 Å². The van der Waals surface area contributed by atoms with Crippen LogP contribution in [0.5, 0.6) is 0 Å². The largest absolute Gasteiger partial charge is 0.336 e. The van der Waals surface area contributed by atoms with Gasteiger partial charge in [-0.1, -0.05) is 12.1 Å². The highest BCUT2D eigenvalue weighted by Crippen LogP contribution is 2.20. The van der Waals surface area contributed by atoms with Crippen LogP contribution in [0.4, 0.5) is 5.69 Å². The average molecular weight is 274 g/mol. The molecule has 1 aromatic rings. The number of carbonyl (C=O) groups excluding carboxylic acids is 2. The summed E-state index contributed by atoms with van der Waals surface area (Å²) < 4.78 is 0. The predicted octanol–water partition coefficient (Wildman–Crippen LogP) is 1.37. The molecular weight excluding hydrogens is 256 g/mol. The van der Waals surface area contributed by atoms with E-state index in [0.717, 1.165) is 0 Å². The Morgan fingerprint density at radius 1 is 1.30 bits per heavy atom. The van der Waals surface area contributed by atoms with Crippen molar-refractivity contribution >= 4 is 23.3 Å². The highest BCUT2D eigenvalue weighted by atomic mass is 16.2. The average Bonchev–Trinajstić information content (AvgIpc) is 2.59. The maximum atomic E-state index is 12.4. The minimum Gasteiger partial charge on any atom is -0.336 e. The van der Waals surface area contributed by atoms with Crippen LogP contribution in [0, 0.1) is 0 Å². The minimum atomic E-state index is -0.258. The third-order valence-corrected chi connectivity index (χ3v) is 3.30. The molecular formula is C14H18N4O2. The monoisotopic (exact) mass is 274 g/mol. The molecule has 1 aliphatic heterocycles. The molecule has 0 unspecified atom stereocenters. The molecule has 0 saturated heterocycles. The highest BCUT2D eigenvalue weighted by molar-refractivity contribution is 6.41. The topological polar surface area (TPSA) is 65.0 Å². The van der Waals surface area contributed by atoms with Gasteiger partial charge in [0.15, 0.2) is 0 Å². The Bertz CT molecular complexity index is 564. The van der Waals surface area contributed by atoms with Crippen LogP contribution in [0.1, 0.15) is 24.2 Å². The van der Waals surface area contributed by atoms with Crippen molar-refractivity contribution in [3.05, 3.63) is 29.8 Å². The maximum Gasteiger partial charge on any atom is 0.291 e. The van der Waals surface area contributed by atoms with Gasteiger partial charge >= 0.3 is 0 Å². The third kappa shape index (κ3) is 2.36. The molecule has 6 heteroatoms. The summed E-state index contributed by atoms with van der Waals surface area (Å²) in [6.45, 7) is 4.93. The van der Waals surface area contributed by atoms with Crippen LogP contribution in [0.15, 0.2) is 29.4 Å². The van der Waals surface area contributed by atoms with Crippen LogP contribution < -0.4 is 5.43 Å². The Balaban J connectivity index is 2.37. The predicted molar refractivity (Wildman–Crippen MR) is 77.5 cm³/mol. The summed E-state index contributed by atoms with van der Waals surface area (Å²) in [6, 6.07) is 7.06.